The highest BCUT2D eigenvalue weighted by atomic mass is 16.6. The van der Waals surface area contributed by atoms with Crippen molar-refractivity contribution < 1.29 is 14.7 Å². The van der Waals surface area contributed by atoms with Gasteiger partial charge in [-0.05, 0) is 25.7 Å². The normalized spacial score (nSPS) is 13.4. The van der Waals surface area contributed by atoms with Crippen LogP contribution in [0.2, 0.25) is 0 Å². The zero-order valence-electron chi connectivity index (χ0n) is 10.2. The highest BCUT2D eigenvalue weighted by molar-refractivity contribution is 4.54. The van der Waals surface area contributed by atoms with E-state index >= 15 is 0 Å². The quantitative estimate of drug-likeness (QED) is 0.430. The second-order valence-electron chi connectivity index (χ2n) is 4.05. The molecule has 0 aliphatic heterocycles. The zero-order chi connectivity index (χ0) is 11.5. The van der Waals surface area contributed by atoms with Gasteiger partial charge in [0.05, 0.1) is 19.3 Å². The summed E-state index contributed by atoms with van der Waals surface area (Å²) in [5.41, 5.74) is 2.66. The van der Waals surface area contributed by atoms with Gasteiger partial charge in [0.2, 0.25) is 0 Å². The Bertz CT molecular complexity index is 131. The summed E-state index contributed by atoms with van der Waals surface area (Å²) in [6.07, 6.45) is 1.74. The molecule has 1 atom stereocenters. The molecule has 0 saturated carbocycles. The van der Waals surface area contributed by atoms with Crippen molar-refractivity contribution in [3.8, 4) is 0 Å². The predicted octanol–water partition coefficient (Wildman–Crippen LogP) is 1.34. The van der Waals surface area contributed by atoms with E-state index < -0.39 is 6.10 Å². The van der Waals surface area contributed by atoms with Crippen LogP contribution in [0.4, 0.5) is 0 Å². The SMILES string of the molecule is CCONCC(O)COCCCC(C)C. The summed E-state index contributed by atoms with van der Waals surface area (Å²) < 4.78 is 5.33. The maximum atomic E-state index is 9.42. The lowest BCUT2D eigenvalue weighted by Crippen LogP contribution is -2.30. The molecule has 0 aliphatic carbocycles. The molecule has 0 rings (SSSR count). The summed E-state index contributed by atoms with van der Waals surface area (Å²) >= 11 is 0. The first-order valence-corrected chi connectivity index (χ1v) is 5.77. The second-order valence-corrected chi connectivity index (χ2v) is 4.05. The Kier molecular flexibility index (Phi) is 10.3. The first-order valence-electron chi connectivity index (χ1n) is 5.77. The standard InChI is InChI=1S/C11H25NO3/c1-4-15-12-8-11(13)9-14-7-5-6-10(2)3/h10-13H,4-9H2,1-3H3. The van der Waals surface area contributed by atoms with E-state index in [0.29, 0.717) is 19.8 Å². The number of aliphatic hydroxyl groups excluding tert-OH is 1. The predicted molar refractivity (Wildman–Crippen MR) is 60.5 cm³/mol. The average molecular weight is 219 g/mol. The lowest BCUT2D eigenvalue weighted by atomic mass is 10.1. The minimum absolute atomic E-state index is 0.373. The van der Waals surface area contributed by atoms with Crippen LogP contribution in [0.15, 0.2) is 0 Å². The van der Waals surface area contributed by atoms with Gasteiger partial charge >= 0.3 is 0 Å². The molecule has 4 heteroatoms. The van der Waals surface area contributed by atoms with E-state index in [-0.39, 0.29) is 0 Å². The lowest BCUT2D eigenvalue weighted by Gasteiger charge is -2.12. The van der Waals surface area contributed by atoms with Gasteiger partial charge in [-0.3, -0.25) is 0 Å². The van der Waals surface area contributed by atoms with Crippen LogP contribution in [0.25, 0.3) is 0 Å². The Morgan fingerprint density at radius 1 is 1.33 bits per heavy atom. The number of rotatable bonds is 10. The number of hydroxylamine groups is 1. The smallest absolute Gasteiger partial charge is 0.0920 e. The van der Waals surface area contributed by atoms with E-state index in [1.165, 1.54) is 6.42 Å². The van der Waals surface area contributed by atoms with Crippen LogP contribution in [0.5, 0.6) is 0 Å². The third kappa shape index (κ3) is 11.8. The number of aliphatic hydroxyl groups is 1. The molecule has 0 radical (unpaired) electrons. The molecule has 92 valence electrons. The number of hydrogen-bond acceptors (Lipinski definition) is 4. The van der Waals surface area contributed by atoms with Gasteiger partial charge in [0.15, 0.2) is 0 Å². The Morgan fingerprint density at radius 3 is 2.67 bits per heavy atom. The van der Waals surface area contributed by atoms with Crippen LogP contribution in [-0.2, 0) is 9.57 Å². The van der Waals surface area contributed by atoms with Gasteiger partial charge in [-0.25, -0.2) is 0 Å². The van der Waals surface area contributed by atoms with Gasteiger partial charge in [0.1, 0.15) is 0 Å². The topological polar surface area (TPSA) is 50.7 Å². The maximum absolute atomic E-state index is 9.42. The van der Waals surface area contributed by atoms with Gasteiger partial charge in [0.25, 0.3) is 0 Å². The lowest BCUT2D eigenvalue weighted by molar-refractivity contribution is -0.0118. The van der Waals surface area contributed by atoms with Crippen LogP contribution < -0.4 is 5.48 Å². The Labute approximate surface area is 92.9 Å². The van der Waals surface area contributed by atoms with Crippen molar-refractivity contribution in [3.63, 3.8) is 0 Å². The molecule has 4 nitrogen and oxygen atoms in total. The van der Waals surface area contributed by atoms with Crippen LogP contribution >= 0.6 is 0 Å². The summed E-state index contributed by atoms with van der Waals surface area (Å²) in [4.78, 5) is 4.90. The van der Waals surface area contributed by atoms with Crippen molar-refractivity contribution >= 4 is 0 Å². The van der Waals surface area contributed by atoms with Gasteiger partial charge < -0.3 is 14.7 Å². The zero-order valence-corrected chi connectivity index (χ0v) is 10.2. The number of hydrogen-bond donors (Lipinski definition) is 2. The highest BCUT2D eigenvalue weighted by Gasteiger charge is 2.03. The van der Waals surface area contributed by atoms with Crippen LogP contribution in [-0.4, -0.2) is 37.6 Å². The first-order chi connectivity index (χ1) is 7.16. The largest absolute Gasteiger partial charge is 0.389 e. The molecule has 15 heavy (non-hydrogen) atoms. The Morgan fingerprint density at radius 2 is 2.07 bits per heavy atom. The van der Waals surface area contributed by atoms with Crippen molar-refractivity contribution in [2.75, 3.05) is 26.4 Å². The first kappa shape index (κ1) is 14.8. The summed E-state index contributed by atoms with van der Waals surface area (Å²) in [6, 6.07) is 0. The minimum Gasteiger partial charge on any atom is -0.389 e. The summed E-state index contributed by atoms with van der Waals surface area (Å²) in [5.74, 6) is 0.721. The average Bonchev–Trinajstić information content (AvgIpc) is 2.17. The third-order valence-electron chi connectivity index (χ3n) is 1.95. The fourth-order valence-electron chi connectivity index (χ4n) is 1.13. The molecule has 0 saturated heterocycles. The van der Waals surface area contributed by atoms with Crippen molar-refractivity contribution in [3.05, 3.63) is 0 Å². The van der Waals surface area contributed by atoms with Gasteiger partial charge in [-0.2, -0.15) is 5.48 Å². The molecule has 0 aliphatic rings. The van der Waals surface area contributed by atoms with Gasteiger partial charge in [-0.1, -0.05) is 13.8 Å². The molecule has 0 aromatic rings. The maximum Gasteiger partial charge on any atom is 0.0920 e. The van der Waals surface area contributed by atoms with E-state index in [9.17, 15) is 5.11 Å². The van der Waals surface area contributed by atoms with Crippen LogP contribution in [0.1, 0.15) is 33.6 Å². The van der Waals surface area contributed by atoms with Crippen molar-refractivity contribution in [1.82, 2.24) is 5.48 Å². The second kappa shape index (κ2) is 10.4. The van der Waals surface area contributed by atoms with Gasteiger partial charge in [0, 0.05) is 13.2 Å². The van der Waals surface area contributed by atoms with Crippen molar-refractivity contribution in [2.45, 2.75) is 39.7 Å². The van der Waals surface area contributed by atoms with Crippen LogP contribution in [0.3, 0.4) is 0 Å². The molecular formula is C11H25NO3. The molecule has 2 N–H and O–H groups in total. The van der Waals surface area contributed by atoms with E-state index in [1.54, 1.807) is 0 Å². The fourth-order valence-corrected chi connectivity index (χ4v) is 1.13. The Balaban J connectivity index is 3.13. The van der Waals surface area contributed by atoms with E-state index in [4.69, 9.17) is 9.57 Å². The third-order valence-corrected chi connectivity index (χ3v) is 1.95. The highest BCUT2D eigenvalue weighted by Crippen LogP contribution is 2.03. The van der Waals surface area contributed by atoms with Crippen molar-refractivity contribution in [2.24, 2.45) is 5.92 Å². The molecule has 0 heterocycles. The molecule has 0 fully saturated rings. The number of nitrogens with one attached hydrogen (secondary N) is 1. The molecule has 0 bridgehead atoms. The molecule has 0 aromatic carbocycles. The Hall–Kier alpha value is -0.160. The minimum atomic E-state index is -0.490. The van der Waals surface area contributed by atoms with E-state index in [0.717, 1.165) is 18.9 Å². The van der Waals surface area contributed by atoms with E-state index in [1.807, 2.05) is 6.92 Å². The fraction of sp³-hybridized carbons (Fsp3) is 1.00. The van der Waals surface area contributed by atoms with Crippen LogP contribution in [0, 0.1) is 5.92 Å². The summed E-state index contributed by atoms with van der Waals surface area (Å²) in [5, 5.41) is 9.42. The molecule has 0 aromatic heterocycles. The summed E-state index contributed by atoms with van der Waals surface area (Å²) in [6.45, 7) is 8.39. The summed E-state index contributed by atoms with van der Waals surface area (Å²) in [7, 11) is 0. The van der Waals surface area contributed by atoms with Gasteiger partial charge in [-0.15, -0.1) is 0 Å². The van der Waals surface area contributed by atoms with E-state index in [2.05, 4.69) is 19.3 Å². The molecule has 0 amide bonds. The molecule has 1 unspecified atom stereocenters. The number of ether oxygens (including phenoxy) is 1. The molecular weight excluding hydrogens is 194 g/mol. The van der Waals surface area contributed by atoms with Crippen molar-refractivity contribution in [1.29, 1.82) is 0 Å². The monoisotopic (exact) mass is 219 g/mol. The molecule has 0 spiro atoms.